The summed E-state index contributed by atoms with van der Waals surface area (Å²) in [6, 6.07) is -0.428. The van der Waals surface area contributed by atoms with Crippen LogP contribution in [0.25, 0.3) is 0 Å². The van der Waals surface area contributed by atoms with E-state index in [-0.39, 0.29) is 5.91 Å². The molecule has 0 saturated heterocycles. The van der Waals surface area contributed by atoms with Crippen molar-refractivity contribution in [3.63, 3.8) is 0 Å². The van der Waals surface area contributed by atoms with Gasteiger partial charge in [-0.15, -0.1) is 0 Å². The molecule has 0 bridgehead atoms. The standard InChI is InChI=1S/C14H30N2O3/c1-5-18-9-7-16(8-10-19-6-2)14(17)13(15)11-12(3)4/h12-13H,5-11,15H2,1-4H3/t13-/m0/s1. The summed E-state index contributed by atoms with van der Waals surface area (Å²) in [6.45, 7) is 11.6. The molecule has 0 aromatic rings. The Morgan fingerprint density at radius 1 is 1.11 bits per heavy atom. The summed E-state index contributed by atoms with van der Waals surface area (Å²) in [4.78, 5) is 14.0. The molecular formula is C14H30N2O3. The SMILES string of the molecule is CCOCCN(CCOCC)C(=O)[C@@H](N)CC(C)C. The van der Waals surface area contributed by atoms with Crippen molar-refractivity contribution in [1.82, 2.24) is 4.90 Å². The number of carbonyl (C=O) groups excluding carboxylic acids is 1. The Hall–Kier alpha value is -0.650. The highest BCUT2D eigenvalue weighted by Crippen LogP contribution is 2.06. The molecule has 0 aromatic heterocycles. The van der Waals surface area contributed by atoms with Crippen LogP contribution in [0, 0.1) is 5.92 Å². The summed E-state index contributed by atoms with van der Waals surface area (Å²) >= 11 is 0. The molecule has 0 heterocycles. The van der Waals surface area contributed by atoms with Crippen molar-refractivity contribution in [3.8, 4) is 0 Å². The smallest absolute Gasteiger partial charge is 0.239 e. The van der Waals surface area contributed by atoms with Crippen molar-refractivity contribution in [2.75, 3.05) is 39.5 Å². The molecule has 0 fully saturated rings. The molecule has 5 heteroatoms. The van der Waals surface area contributed by atoms with Crippen LogP contribution in [0.4, 0.5) is 0 Å². The molecule has 19 heavy (non-hydrogen) atoms. The second kappa shape index (κ2) is 11.2. The van der Waals surface area contributed by atoms with E-state index >= 15 is 0 Å². The van der Waals surface area contributed by atoms with Crippen molar-refractivity contribution < 1.29 is 14.3 Å². The van der Waals surface area contributed by atoms with Gasteiger partial charge in [0.1, 0.15) is 0 Å². The van der Waals surface area contributed by atoms with Gasteiger partial charge in [0.05, 0.1) is 19.3 Å². The minimum atomic E-state index is -0.428. The summed E-state index contributed by atoms with van der Waals surface area (Å²) in [6.07, 6.45) is 0.707. The Labute approximate surface area is 117 Å². The molecule has 0 rings (SSSR count). The van der Waals surface area contributed by atoms with Crippen LogP contribution in [0.2, 0.25) is 0 Å². The van der Waals surface area contributed by atoms with Crippen LogP contribution in [-0.4, -0.2) is 56.4 Å². The lowest BCUT2D eigenvalue weighted by Crippen LogP contribution is -2.46. The van der Waals surface area contributed by atoms with E-state index in [4.69, 9.17) is 15.2 Å². The molecule has 5 nitrogen and oxygen atoms in total. The molecular weight excluding hydrogens is 244 g/mol. The predicted octanol–water partition coefficient (Wildman–Crippen LogP) is 1.26. The van der Waals surface area contributed by atoms with Gasteiger partial charge in [-0.25, -0.2) is 0 Å². The number of carbonyl (C=O) groups is 1. The third-order valence-corrected chi connectivity index (χ3v) is 2.77. The van der Waals surface area contributed by atoms with Gasteiger partial charge >= 0.3 is 0 Å². The van der Waals surface area contributed by atoms with E-state index in [1.807, 2.05) is 13.8 Å². The molecule has 0 aliphatic carbocycles. The van der Waals surface area contributed by atoms with Crippen molar-refractivity contribution >= 4 is 5.91 Å². The number of nitrogens with zero attached hydrogens (tertiary/aromatic N) is 1. The second-order valence-electron chi connectivity index (χ2n) is 4.96. The summed E-state index contributed by atoms with van der Waals surface area (Å²) in [5, 5.41) is 0. The van der Waals surface area contributed by atoms with Crippen LogP contribution in [0.5, 0.6) is 0 Å². The number of nitrogens with two attached hydrogens (primary N) is 1. The Kier molecular flexibility index (Phi) is 10.8. The van der Waals surface area contributed by atoms with E-state index in [1.54, 1.807) is 4.90 Å². The first-order chi connectivity index (χ1) is 9.02. The van der Waals surface area contributed by atoms with Gasteiger partial charge in [-0.05, 0) is 26.2 Å². The van der Waals surface area contributed by atoms with Crippen LogP contribution in [0.3, 0.4) is 0 Å². The van der Waals surface area contributed by atoms with E-state index in [0.29, 0.717) is 51.9 Å². The lowest BCUT2D eigenvalue weighted by molar-refractivity contribution is -0.134. The van der Waals surface area contributed by atoms with Gasteiger partial charge in [-0.3, -0.25) is 4.79 Å². The number of hydrogen-bond acceptors (Lipinski definition) is 4. The molecule has 0 radical (unpaired) electrons. The normalized spacial score (nSPS) is 12.7. The third kappa shape index (κ3) is 8.97. The molecule has 0 aromatic carbocycles. The number of ether oxygens (including phenoxy) is 2. The first-order valence-electron chi connectivity index (χ1n) is 7.22. The Balaban J connectivity index is 4.29. The van der Waals surface area contributed by atoms with Crippen LogP contribution in [0.15, 0.2) is 0 Å². The van der Waals surface area contributed by atoms with Gasteiger partial charge in [0.2, 0.25) is 5.91 Å². The van der Waals surface area contributed by atoms with Gasteiger partial charge in [0, 0.05) is 26.3 Å². The monoisotopic (exact) mass is 274 g/mol. The maximum absolute atomic E-state index is 12.3. The number of amides is 1. The zero-order valence-corrected chi connectivity index (χ0v) is 12.9. The molecule has 0 aliphatic heterocycles. The van der Waals surface area contributed by atoms with Crippen LogP contribution in [-0.2, 0) is 14.3 Å². The largest absolute Gasteiger partial charge is 0.380 e. The molecule has 1 amide bonds. The fourth-order valence-electron chi connectivity index (χ4n) is 1.81. The highest BCUT2D eigenvalue weighted by atomic mass is 16.5. The minimum Gasteiger partial charge on any atom is -0.380 e. The molecule has 1 atom stereocenters. The van der Waals surface area contributed by atoms with E-state index in [0.717, 1.165) is 0 Å². The number of hydrogen-bond donors (Lipinski definition) is 1. The van der Waals surface area contributed by atoms with E-state index in [1.165, 1.54) is 0 Å². The maximum atomic E-state index is 12.3. The van der Waals surface area contributed by atoms with Crippen molar-refractivity contribution in [2.24, 2.45) is 11.7 Å². The zero-order valence-electron chi connectivity index (χ0n) is 12.9. The first-order valence-corrected chi connectivity index (χ1v) is 7.22. The summed E-state index contributed by atoms with van der Waals surface area (Å²) in [5.74, 6) is 0.410. The van der Waals surface area contributed by atoms with E-state index in [9.17, 15) is 4.79 Å². The molecule has 114 valence electrons. The lowest BCUT2D eigenvalue weighted by atomic mass is 10.0. The summed E-state index contributed by atoms with van der Waals surface area (Å²) in [7, 11) is 0. The zero-order chi connectivity index (χ0) is 14.7. The third-order valence-electron chi connectivity index (χ3n) is 2.77. The molecule has 0 aliphatic rings. The van der Waals surface area contributed by atoms with Gasteiger partial charge in [0.25, 0.3) is 0 Å². The van der Waals surface area contributed by atoms with E-state index < -0.39 is 6.04 Å². The first kappa shape index (κ1) is 18.4. The second-order valence-corrected chi connectivity index (χ2v) is 4.96. The van der Waals surface area contributed by atoms with Gasteiger partial charge < -0.3 is 20.1 Å². The maximum Gasteiger partial charge on any atom is 0.239 e. The highest BCUT2D eigenvalue weighted by molar-refractivity contribution is 5.81. The predicted molar refractivity (Wildman–Crippen MR) is 77.0 cm³/mol. The van der Waals surface area contributed by atoms with E-state index in [2.05, 4.69) is 13.8 Å². The highest BCUT2D eigenvalue weighted by Gasteiger charge is 2.21. The van der Waals surface area contributed by atoms with Crippen LogP contribution < -0.4 is 5.73 Å². The lowest BCUT2D eigenvalue weighted by Gasteiger charge is -2.26. The topological polar surface area (TPSA) is 64.8 Å². The fourth-order valence-corrected chi connectivity index (χ4v) is 1.81. The van der Waals surface area contributed by atoms with Gasteiger partial charge in [0.15, 0.2) is 0 Å². The molecule has 0 spiro atoms. The summed E-state index contributed by atoms with van der Waals surface area (Å²) in [5.41, 5.74) is 5.95. The Morgan fingerprint density at radius 2 is 1.58 bits per heavy atom. The van der Waals surface area contributed by atoms with Crippen molar-refractivity contribution in [3.05, 3.63) is 0 Å². The van der Waals surface area contributed by atoms with Crippen LogP contribution in [0.1, 0.15) is 34.1 Å². The van der Waals surface area contributed by atoms with Crippen molar-refractivity contribution in [2.45, 2.75) is 40.2 Å². The van der Waals surface area contributed by atoms with Gasteiger partial charge in [-0.2, -0.15) is 0 Å². The summed E-state index contributed by atoms with van der Waals surface area (Å²) < 4.78 is 10.6. The minimum absolute atomic E-state index is 0.00638. The Bertz CT molecular complexity index is 225. The molecule has 2 N–H and O–H groups in total. The average molecular weight is 274 g/mol. The van der Waals surface area contributed by atoms with Crippen LogP contribution >= 0.6 is 0 Å². The Morgan fingerprint density at radius 3 is 1.95 bits per heavy atom. The fraction of sp³-hybridized carbons (Fsp3) is 0.929. The molecule has 0 unspecified atom stereocenters. The quantitative estimate of drug-likeness (QED) is 0.576. The number of rotatable bonds is 11. The van der Waals surface area contributed by atoms with Gasteiger partial charge in [-0.1, -0.05) is 13.8 Å². The van der Waals surface area contributed by atoms with Crippen molar-refractivity contribution in [1.29, 1.82) is 0 Å². The molecule has 0 saturated carbocycles. The average Bonchev–Trinajstić information content (AvgIpc) is 2.35.